The van der Waals surface area contributed by atoms with Crippen LogP contribution in [0.15, 0.2) is 18.2 Å². The van der Waals surface area contributed by atoms with Gasteiger partial charge >= 0.3 is 6.03 Å². The standard InChI is InChI=1S/C11H16N2OS/c1-3-8-6-5-7-9(4-2)10(8)13(15)11(12)14/h5-7,15H,3-4H2,1-2H3,(H2,12,14). The lowest BCUT2D eigenvalue weighted by Gasteiger charge is -2.20. The van der Waals surface area contributed by atoms with Crippen LogP contribution in [0.3, 0.4) is 0 Å². The lowest BCUT2D eigenvalue weighted by Crippen LogP contribution is -2.28. The molecule has 0 aliphatic rings. The summed E-state index contributed by atoms with van der Waals surface area (Å²) in [6.07, 6.45) is 1.71. The number of hydrogen-bond donors (Lipinski definition) is 2. The van der Waals surface area contributed by atoms with Gasteiger partial charge in [-0.05, 0) is 24.0 Å². The molecule has 0 saturated carbocycles. The number of thiol groups is 1. The number of amides is 2. The zero-order valence-electron chi connectivity index (χ0n) is 9.03. The number of primary amides is 1. The van der Waals surface area contributed by atoms with Crippen molar-refractivity contribution < 1.29 is 4.79 Å². The molecular weight excluding hydrogens is 208 g/mol. The average Bonchev–Trinajstić information content (AvgIpc) is 2.26. The second kappa shape index (κ2) is 5.07. The van der Waals surface area contributed by atoms with Gasteiger partial charge in [0.15, 0.2) is 0 Å². The number of nitrogens with two attached hydrogens (primary N) is 1. The number of anilines is 1. The number of para-hydroxylation sites is 1. The largest absolute Gasteiger partial charge is 0.350 e. The molecule has 0 aromatic heterocycles. The van der Waals surface area contributed by atoms with Gasteiger partial charge in [0.25, 0.3) is 0 Å². The van der Waals surface area contributed by atoms with E-state index < -0.39 is 6.03 Å². The van der Waals surface area contributed by atoms with Crippen LogP contribution in [-0.2, 0) is 12.8 Å². The summed E-state index contributed by atoms with van der Waals surface area (Å²) in [5.41, 5.74) is 8.23. The summed E-state index contributed by atoms with van der Waals surface area (Å²) in [5, 5.41) is 0. The molecule has 15 heavy (non-hydrogen) atoms. The van der Waals surface area contributed by atoms with Crippen molar-refractivity contribution in [2.45, 2.75) is 26.7 Å². The van der Waals surface area contributed by atoms with Gasteiger partial charge in [0.1, 0.15) is 0 Å². The van der Waals surface area contributed by atoms with Crippen LogP contribution in [0.25, 0.3) is 0 Å². The Bertz CT molecular complexity index is 343. The Morgan fingerprint density at radius 3 is 2.13 bits per heavy atom. The van der Waals surface area contributed by atoms with E-state index in [0.717, 1.165) is 29.7 Å². The fourth-order valence-corrected chi connectivity index (χ4v) is 1.85. The molecule has 0 radical (unpaired) electrons. The van der Waals surface area contributed by atoms with Crippen LogP contribution < -0.4 is 10.0 Å². The fourth-order valence-electron chi connectivity index (χ4n) is 1.60. The molecule has 0 aliphatic carbocycles. The Morgan fingerprint density at radius 2 is 1.80 bits per heavy atom. The number of carbonyl (C=O) groups is 1. The number of rotatable bonds is 3. The lowest BCUT2D eigenvalue weighted by atomic mass is 10.0. The summed E-state index contributed by atoms with van der Waals surface area (Å²) in [5.74, 6) is 0. The minimum atomic E-state index is -0.547. The number of nitrogens with zero attached hydrogens (tertiary/aromatic N) is 1. The Balaban J connectivity index is 3.27. The van der Waals surface area contributed by atoms with Gasteiger partial charge in [-0.25, -0.2) is 9.10 Å². The molecule has 0 saturated heterocycles. The first-order valence-electron chi connectivity index (χ1n) is 5.01. The maximum absolute atomic E-state index is 11.1. The van der Waals surface area contributed by atoms with Crippen LogP contribution in [0, 0.1) is 0 Å². The van der Waals surface area contributed by atoms with Gasteiger partial charge in [0.05, 0.1) is 5.69 Å². The molecule has 3 nitrogen and oxygen atoms in total. The maximum Gasteiger partial charge on any atom is 0.329 e. The Labute approximate surface area is 95.8 Å². The Morgan fingerprint density at radius 1 is 1.33 bits per heavy atom. The summed E-state index contributed by atoms with van der Waals surface area (Å²) in [6.45, 7) is 4.09. The van der Waals surface area contributed by atoms with Crippen molar-refractivity contribution in [1.82, 2.24) is 0 Å². The van der Waals surface area contributed by atoms with Crippen molar-refractivity contribution in [2.24, 2.45) is 5.73 Å². The minimum absolute atomic E-state index is 0.547. The van der Waals surface area contributed by atoms with E-state index in [0.29, 0.717) is 0 Å². The van der Waals surface area contributed by atoms with E-state index in [1.807, 2.05) is 32.0 Å². The number of urea groups is 1. The predicted molar refractivity (Wildman–Crippen MR) is 66.2 cm³/mol. The predicted octanol–water partition coefficient (Wildman–Crippen LogP) is 2.54. The zero-order valence-corrected chi connectivity index (χ0v) is 9.92. The molecule has 0 atom stereocenters. The summed E-state index contributed by atoms with van der Waals surface area (Å²) in [4.78, 5) is 11.1. The van der Waals surface area contributed by atoms with Crippen molar-refractivity contribution in [3.63, 3.8) is 0 Å². The van der Waals surface area contributed by atoms with E-state index in [1.165, 1.54) is 4.31 Å². The van der Waals surface area contributed by atoms with Crippen LogP contribution in [0.5, 0.6) is 0 Å². The first-order chi connectivity index (χ1) is 7.11. The molecular formula is C11H16N2OS. The van der Waals surface area contributed by atoms with Crippen LogP contribution in [-0.4, -0.2) is 6.03 Å². The summed E-state index contributed by atoms with van der Waals surface area (Å²) < 4.78 is 1.22. The third kappa shape index (κ3) is 2.45. The molecule has 2 N–H and O–H groups in total. The van der Waals surface area contributed by atoms with Crippen molar-refractivity contribution in [3.05, 3.63) is 29.3 Å². The second-order valence-corrected chi connectivity index (χ2v) is 3.68. The second-order valence-electron chi connectivity index (χ2n) is 3.28. The van der Waals surface area contributed by atoms with Gasteiger partial charge in [0, 0.05) is 0 Å². The topological polar surface area (TPSA) is 46.3 Å². The molecule has 0 bridgehead atoms. The number of carbonyl (C=O) groups excluding carboxylic acids is 1. The summed E-state index contributed by atoms with van der Waals surface area (Å²) in [7, 11) is 0. The molecule has 4 heteroatoms. The van der Waals surface area contributed by atoms with Gasteiger partial charge in [0.2, 0.25) is 0 Å². The number of hydrogen-bond acceptors (Lipinski definition) is 2. The first-order valence-corrected chi connectivity index (χ1v) is 5.41. The molecule has 0 aliphatic heterocycles. The van der Waals surface area contributed by atoms with Gasteiger partial charge in [-0.3, -0.25) is 0 Å². The van der Waals surface area contributed by atoms with E-state index in [-0.39, 0.29) is 0 Å². The molecule has 1 rings (SSSR count). The fraction of sp³-hybridized carbons (Fsp3) is 0.364. The zero-order chi connectivity index (χ0) is 11.4. The van der Waals surface area contributed by atoms with Crippen LogP contribution in [0.2, 0.25) is 0 Å². The van der Waals surface area contributed by atoms with E-state index in [9.17, 15) is 4.79 Å². The highest BCUT2D eigenvalue weighted by molar-refractivity contribution is 7.82. The van der Waals surface area contributed by atoms with Gasteiger partial charge in [-0.2, -0.15) is 0 Å². The maximum atomic E-state index is 11.1. The summed E-state index contributed by atoms with van der Waals surface area (Å²) in [6, 6.07) is 5.42. The van der Waals surface area contributed by atoms with E-state index in [2.05, 4.69) is 12.8 Å². The molecule has 2 amide bonds. The highest BCUT2D eigenvalue weighted by atomic mass is 32.1. The Hall–Kier alpha value is -1.16. The minimum Gasteiger partial charge on any atom is -0.350 e. The molecule has 1 aromatic rings. The SMILES string of the molecule is CCc1cccc(CC)c1N(S)C(N)=O. The van der Waals surface area contributed by atoms with E-state index >= 15 is 0 Å². The first kappa shape index (κ1) is 11.9. The molecule has 0 spiro atoms. The van der Waals surface area contributed by atoms with Gasteiger partial charge < -0.3 is 5.73 Å². The van der Waals surface area contributed by atoms with E-state index in [4.69, 9.17) is 5.73 Å². The highest BCUT2D eigenvalue weighted by Gasteiger charge is 2.15. The van der Waals surface area contributed by atoms with Crippen molar-refractivity contribution >= 4 is 24.5 Å². The lowest BCUT2D eigenvalue weighted by molar-refractivity contribution is 0.257. The third-order valence-corrected chi connectivity index (χ3v) is 2.78. The summed E-state index contributed by atoms with van der Waals surface area (Å²) >= 11 is 4.12. The molecule has 0 heterocycles. The Kier molecular flexibility index (Phi) is 4.03. The molecule has 82 valence electrons. The monoisotopic (exact) mass is 224 g/mol. The number of benzene rings is 1. The quantitative estimate of drug-likeness (QED) is 0.761. The van der Waals surface area contributed by atoms with Crippen molar-refractivity contribution in [3.8, 4) is 0 Å². The molecule has 0 unspecified atom stereocenters. The van der Waals surface area contributed by atoms with Gasteiger partial charge in [-0.1, -0.05) is 44.9 Å². The highest BCUT2D eigenvalue weighted by Crippen LogP contribution is 2.27. The van der Waals surface area contributed by atoms with Crippen molar-refractivity contribution in [2.75, 3.05) is 4.31 Å². The van der Waals surface area contributed by atoms with Crippen molar-refractivity contribution in [1.29, 1.82) is 0 Å². The third-order valence-electron chi connectivity index (χ3n) is 2.39. The smallest absolute Gasteiger partial charge is 0.329 e. The normalized spacial score (nSPS) is 10.1. The number of aryl methyl sites for hydroxylation is 2. The average molecular weight is 224 g/mol. The van der Waals surface area contributed by atoms with Crippen LogP contribution in [0.4, 0.5) is 10.5 Å². The van der Waals surface area contributed by atoms with Crippen LogP contribution >= 0.6 is 12.8 Å². The molecule has 0 fully saturated rings. The molecule has 1 aromatic carbocycles. The van der Waals surface area contributed by atoms with E-state index in [1.54, 1.807) is 0 Å². The van der Waals surface area contributed by atoms with Crippen LogP contribution in [0.1, 0.15) is 25.0 Å². The van der Waals surface area contributed by atoms with Gasteiger partial charge in [-0.15, -0.1) is 0 Å².